The van der Waals surface area contributed by atoms with Crippen LogP contribution < -0.4 is 0 Å². The molecule has 184 valence electrons. The predicted molar refractivity (Wildman–Crippen MR) is 136 cm³/mol. The Morgan fingerprint density at radius 3 is 2.54 bits per heavy atom. The van der Waals surface area contributed by atoms with Crippen molar-refractivity contribution in [2.45, 2.75) is 45.3 Å². The van der Waals surface area contributed by atoms with Gasteiger partial charge in [-0.2, -0.15) is 0 Å². The van der Waals surface area contributed by atoms with Gasteiger partial charge in [0.25, 0.3) is 0 Å². The number of aromatic nitrogens is 1. The molecule has 3 aromatic rings. The predicted octanol–water partition coefficient (Wildman–Crippen LogP) is 4.68. The molecule has 2 aliphatic rings. The number of hydrogen-bond acceptors (Lipinski definition) is 6. The fourth-order valence-corrected chi connectivity index (χ4v) is 5.35. The first kappa shape index (κ1) is 23.8. The molecule has 2 aliphatic heterocycles. The molecule has 0 aliphatic carbocycles. The number of hydrogen-bond donors (Lipinski definition) is 0. The zero-order chi connectivity index (χ0) is 24.4. The number of cyclic esters (lactones) is 1. The Labute approximate surface area is 207 Å². The number of furan rings is 1. The maximum absolute atomic E-state index is 12.4. The van der Waals surface area contributed by atoms with Gasteiger partial charge in [-0.05, 0) is 63.4 Å². The Balaban J connectivity index is 1.14. The van der Waals surface area contributed by atoms with Gasteiger partial charge in [0.05, 0.1) is 11.5 Å². The minimum absolute atomic E-state index is 0.00720. The van der Waals surface area contributed by atoms with E-state index in [1.807, 2.05) is 37.4 Å². The van der Waals surface area contributed by atoms with Crippen LogP contribution in [0.3, 0.4) is 0 Å². The highest BCUT2D eigenvalue weighted by Gasteiger charge is 2.38. The lowest BCUT2D eigenvalue weighted by Gasteiger charge is -2.43. The molecule has 5 rings (SSSR count). The zero-order valence-electron chi connectivity index (χ0n) is 20.9. The van der Waals surface area contributed by atoms with Crippen molar-refractivity contribution in [1.82, 2.24) is 14.8 Å². The highest BCUT2D eigenvalue weighted by atomic mass is 16.6. The lowest BCUT2D eigenvalue weighted by molar-refractivity contribution is -0.145. The van der Waals surface area contributed by atoms with Gasteiger partial charge in [-0.25, -0.2) is 0 Å². The van der Waals surface area contributed by atoms with Crippen LogP contribution in [0.5, 0.6) is 0 Å². The minimum atomic E-state index is -0.201. The number of ether oxygens (including phenoxy) is 1. The molecule has 2 aromatic heterocycles. The van der Waals surface area contributed by atoms with Crippen molar-refractivity contribution < 1.29 is 13.9 Å². The molecule has 0 bridgehead atoms. The fraction of sp³-hybridized carbons (Fsp3) is 0.448. The van der Waals surface area contributed by atoms with Gasteiger partial charge in [0.1, 0.15) is 17.6 Å². The summed E-state index contributed by atoms with van der Waals surface area (Å²) in [4.78, 5) is 21.6. The van der Waals surface area contributed by atoms with Crippen LogP contribution in [-0.4, -0.2) is 59.6 Å². The van der Waals surface area contributed by atoms with Crippen molar-refractivity contribution in [2.24, 2.45) is 5.92 Å². The van der Waals surface area contributed by atoms with Crippen LogP contribution in [0.15, 0.2) is 65.2 Å². The summed E-state index contributed by atoms with van der Waals surface area (Å²) >= 11 is 0. The summed E-state index contributed by atoms with van der Waals surface area (Å²) in [5.41, 5.74) is 3.04. The molecule has 35 heavy (non-hydrogen) atoms. The highest BCUT2D eigenvalue weighted by molar-refractivity contribution is 5.75. The summed E-state index contributed by atoms with van der Waals surface area (Å²) in [7, 11) is 0. The van der Waals surface area contributed by atoms with Gasteiger partial charge in [-0.1, -0.05) is 30.3 Å². The Bertz CT molecular complexity index is 1150. The average Bonchev–Trinajstić information content (AvgIpc) is 3.48. The summed E-state index contributed by atoms with van der Waals surface area (Å²) in [6.45, 7) is 11.1. The molecule has 6 heteroatoms. The quantitative estimate of drug-likeness (QED) is 0.465. The fourth-order valence-electron chi connectivity index (χ4n) is 5.35. The smallest absolute Gasteiger partial charge is 0.309 e. The molecule has 2 saturated heterocycles. The summed E-state index contributed by atoms with van der Waals surface area (Å²) < 4.78 is 12.1. The monoisotopic (exact) mass is 473 g/mol. The number of rotatable bonds is 7. The molecule has 2 fully saturated rings. The number of nitrogens with zero attached hydrogens (tertiary/aromatic N) is 3. The number of benzene rings is 1. The minimum Gasteiger partial charge on any atom is -0.461 e. The largest absolute Gasteiger partial charge is 0.461 e. The van der Waals surface area contributed by atoms with Crippen molar-refractivity contribution >= 4 is 5.97 Å². The molecule has 0 radical (unpaired) electrons. The van der Waals surface area contributed by atoms with Gasteiger partial charge in [0.2, 0.25) is 0 Å². The van der Waals surface area contributed by atoms with E-state index in [1.165, 1.54) is 5.56 Å². The Kier molecular flexibility index (Phi) is 6.76. The maximum atomic E-state index is 12.4. The zero-order valence-corrected chi connectivity index (χ0v) is 20.9. The molecule has 0 amide bonds. The van der Waals surface area contributed by atoms with Gasteiger partial charge >= 0.3 is 5.97 Å². The van der Waals surface area contributed by atoms with E-state index in [-0.39, 0.29) is 23.5 Å². The first-order chi connectivity index (χ1) is 16.9. The first-order valence-electron chi connectivity index (χ1n) is 12.6. The number of aryl methyl sites for hydroxylation is 1. The molecular weight excluding hydrogens is 438 g/mol. The molecule has 0 spiro atoms. The van der Waals surface area contributed by atoms with Gasteiger partial charge in [-0.3, -0.25) is 19.6 Å². The van der Waals surface area contributed by atoms with Gasteiger partial charge in [0.15, 0.2) is 0 Å². The van der Waals surface area contributed by atoms with Crippen LogP contribution in [0, 0.1) is 12.8 Å². The first-order valence-corrected chi connectivity index (χ1v) is 12.6. The van der Waals surface area contributed by atoms with E-state index in [0.717, 1.165) is 68.3 Å². The van der Waals surface area contributed by atoms with Gasteiger partial charge in [-0.15, -0.1) is 0 Å². The topological polar surface area (TPSA) is 58.8 Å². The molecule has 4 heterocycles. The Morgan fingerprint density at radius 1 is 1.03 bits per heavy atom. The second kappa shape index (κ2) is 9.96. The lowest BCUT2D eigenvalue weighted by atomic mass is 9.96. The van der Waals surface area contributed by atoms with E-state index in [9.17, 15) is 4.79 Å². The second-order valence-corrected chi connectivity index (χ2v) is 10.4. The van der Waals surface area contributed by atoms with Crippen LogP contribution in [0.4, 0.5) is 0 Å². The van der Waals surface area contributed by atoms with Gasteiger partial charge < -0.3 is 9.15 Å². The molecule has 2 atom stereocenters. The van der Waals surface area contributed by atoms with Crippen molar-refractivity contribution in [3.8, 4) is 11.3 Å². The number of piperazine rings is 1. The number of pyridine rings is 1. The molecule has 6 nitrogen and oxygen atoms in total. The van der Waals surface area contributed by atoms with Crippen LogP contribution in [0.2, 0.25) is 0 Å². The Morgan fingerprint density at radius 2 is 1.80 bits per heavy atom. The van der Waals surface area contributed by atoms with E-state index >= 15 is 0 Å². The SMILES string of the molecule is Cc1cc(-c2ccc(C(C)(C)N3CCN(C[C@@H]4C[C@@H](Cc5ccccc5)C(=O)O4)CC3)o2)ccn1. The molecule has 1 aromatic carbocycles. The van der Waals surface area contributed by atoms with Crippen molar-refractivity contribution in [3.05, 3.63) is 77.8 Å². The van der Waals surface area contributed by atoms with E-state index < -0.39 is 0 Å². The van der Waals surface area contributed by atoms with E-state index in [0.29, 0.717) is 0 Å². The third-order valence-electron chi connectivity index (χ3n) is 7.50. The van der Waals surface area contributed by atoms with Crippen LogP contribution >= 0.6 is 0 Å². The van der Waals surface area contributed by atoms with Crippen LogP contribution in [0.25, 0.3) is 11.3 Å². The molecule has 0 N–H and O–H groups in total. The standard InChI is InChI=1S/C29H35N3O3/c1-21-17-23(11-12-30-21)26-9-10-27(35-26)29(2,3)32-15-13-31(14-16-32)20-25-19-24(28(33)34-25)18-22-7-5-4-6-8-22/h4-12,17,24-25H,13-16,18-20H2,1-3H3/t24-,25+/m1/s1. The number of esters is 1. The highest BCUT2D eigenvalue weighted by Crippen LogP contribution is 2.34. The van der Waals surface area contributed by atoms with Crippen LogP contribution in [0.1, 0.15) is 37.3 Å². The number of carbonyl (C=O) groups is 1. The van der Waals surface area contributed by atoms with E-state index in [2.05, 4.69) is 59.0 Å². The van der Waals surface area contributed by atoms with E-state index in [1.54, 1.807) is 0 Å². The third-order valence-corrected chi connectivity index (χ3v) is 7.50. The average molecular weight is 474 g/mol. The van der Waals surface area contributed by atoms with E-state index in [4.69, 9.17) is 9.15 Å². The third kappa shape index (κ3) is 5.34. The maximum Gasteiger partial charge on any atom is 0.309 e. The summed E-state index contributed by atoms with van der Waals surface area (Å²) in [6, 6.07) is 18.4. The molecule has 0 unspecified atom stereocenters. The number of carbonyl (C=O) groups excluding carboxylic acids is 1. The van der Waals surface area contributed by atoms with Gasteiger partial charge in [0, 0.05) is 50.2 Å². The van der Waals surface area contributed by atoms with Crippen LogP contribution in [-0.2, 0) is 21.5 Å². The molecular formula is C29H35N3O3. The van der Waals surface area contributed by atoms with Crippen molar-refractivity contribution in [2.75, 3.05) is 32.7 Å². The summed E-state index contributed by atoms with van der Waals surface area (Å²) in [5.74, 6) is 1.78. The van der Waals surface area contributed by atoms with Crippen molar-refractivity contribution in [1.29, 1.82) is 0 Å². The molecule has 0 saturated carbocycles. The summed E-state index contributed by atoms with van der Waals surface area (Å²) in [6.07, 6.45) is 3.39. The van der Waals surface area contributed by atoms with Crippen molar-refractivity contribution in [3.63, 3.8) is 0 Å². The Hall–Kier alpha value is -2.96. The lowest BCUT2D eigenvalue weighted by Crippen LogP contribution is -2.54. The summed E-state index contributed by atoms with van der Waals surface area (Å²) in [5, 5.41) is 0. The second-order valence-electron chi connectivity index (χ2n) is 10.4. The normalized spacial score (nSPS) is 21.9.